The van der Waals surface area contributed by atoms with Gasteiger partial charge in [0.05, 0.1) is 11.8 Å². The molecule has 2 amide bonds. The van der Waals surface area contributed by atoms with Crippen molar-refractivity contribution in [2.45, 2.75) is 59.9 Å². The Labute approximate surface area is 123 Å². The van der Waals surface area contributed by atoms with E-state index in [0.717, 1.165) is 0 Å². The Hall–Kier alpha value is -1.32. The van der Waals surface area contributed by atoms with Crippen LogP contribution in [0.25, 0.3) is 0 Å². The quantitative estimate of drug-likeness (QED) is 0.735. The van der Waals surface area contributed by atoms with Gasteiger partial charge in [-0.2, -0.15) is 0 Å². The molecule has 0 bridgehead atoms. The second-order valence-electron chi connectivity index (χ2n) is 7.46. The molecule has 0 radical (unpaired) electrons. The van der Waals surface area contributed by atoms with Gasteiger partial charge in [-0.05, 0) is 39.0 Å². The predicted octanol–water partition coefficient (Wildman–Crippen LogP) is 2.63. The highest BCUT2D eigenvalue weighted by molar-refractivity contribution is 5.87. The standard InChI is InChI=1S/C16H30N2O2/c1-8-9-10-11(13(17)19)12(15(2,3)4)14(20)18-16(5,6)7/h8,11-12H,1,9-10H2,2-7H3,(H2,17,19)(H,18,20)/t11?,12-/m1/s1. The van der Waals surface area contributed by atoms with Gasteiger partial charge in [0.25, 0.3) is 0 Å². The first-order chi connectivity index (χ1) is 8.90. The zero-order valence-electron chi connectivity index (χ0n) is 13.7. The average Bonchev–Trinajstić information content (AvgIpc) is 2.18. The smallest absolute Gasteiger partial charge is 0.224 e. The third kappa shape index (κ3) is 6.22. The molecule has 4 nitrogen and oxygen atoms in total. The largest absolute Gasteiger partial charge is 0.369 e. The van der Waals surface area contributed by atoms with Gasteiger partial charge in [0.2, 0.25) is 11.8 Å². The van der Waals surface area contributed by atoms with E-state index in [-0.39, 0.29) is 16.9 Å². The van der Waals surface area contributed by atoms with E-state index < -0.39 is 17.7 Å². The molecule has 3 N–H and O–H groups in total. The molecule has 2 atom stereocenters. The van der Waals surface area contributed by atoms with Gasteiger partial charge in [0.1, 0.15) is 0 Å². The minimum atomic E-state index is -0.477. The summed E-state index contributed by atoms with van der Waals surface area (Å²) in [5.41, 5.74) is 4.85. The lowest BCUT2D eigenvalue weighted by Crippen LogP contribution is -2.51. The number of rotatable bonds is 6. The Kier molecular flexibility index (Phi) is 6.45. The Balaban J connectivity index is 5.36. The number of hydrogen-bond donors (Lipinski definition) is 2. The van der Waals surface area contributed by atoms with E-state index in [2.05, 4.69) is 11.9 Å². The first-order valence-corrected chi connectivity index (χ1v) is 7.12. The van der Waals surface area contributed by atoms with Crippen LogP contribution < -0.4 is 11.1 Å². The third-order valence-corrected chi connectivity index (χ3v) is 3.16. The number of primary amides is 1. The molecule has 0 heterocycles. The zero-order valence-corrected chi connectivity index (χ0v) is 13.7. The first-order valence-electron chi connectivity index (χ1n) is 7.12. The fraction of sp³-hybridized carbons (Fsp3) is 0.750. The number of nitrogens with one attached hydrogen (secondary N) is 1. The normalized spacial score (nSPS) is 15.3. The minimum absolute atomic E-state index is 0.113. The number of allylic oxidation sites excluding steroid dienone is 1. The van der Waals surface area contributed by atoms with E-state index in [1.165, 1.54) is 0 Å². The molecular formula is C16H30N2O2. The molecule has 0 aliphatic heterocycles. The summed E-state index contributed by atoms with van der Waals surface area (Å²) in [6.07, 6.45) is 2.97. The van der Waals surface area contributed by atoms with Crippen LogP contribution in [0, 0.1) is 17.3 Å². The molecule has 0 aliphatic rings. The van der Waals surface area contributed by atoms with E-state index in [0.29, 0.717) is 12.8 Å². The molecular weight excluding hydrogens is 252 g/mol. The molecule has 0 spiro atoms. The van der Waals surface area contributed by atoms with Crippen LogP contribution in [-0.2, 0) is 9.59 Å². The van der Waals surface area contributed by atoms with Crippen LogP contribution in [0.4, 0.5) is 0 Å². The lowest BCUT2D eigenvalue weighted by molar-refractivity contribution is -0.138. The Morgan fingerprint density at radius 1 is 1.20 bits per heavy atom. The predicted molar refractivity (Wildman–Crippen MR) is 83.0 cm³/mol. The molecule has 4 heteroatoms. The molecule has 0 fully saturated rings. The van der Waals surface area contributed by atoms with Crippen molar-refractivity contribution in [3.63, 3.8) is 0 Å². The van der Waals surface area contributed by atoms with Crippen molar-refractivity contribution < 1.29 is 9.59 Å². The van der Waals surface area contributed by atoms with Gasteiger partial charge in [0, 0.05) is 5.54 Å². The third-order valence-electron chi connectivity index (χ3n) is 3.16. The number of carbonyl (C=O) groups excluding carboxylic acids is 2. The van der Waals surface area contributed by atoms with Gasteiger partial charge in [-0.3, -0.25) is 9.59 Å². The molecule has 116 valence electrons. The topological polar surface area (TPSA) is 72.2 Å². The summed E-state index contributed by atoms with van der Waals surface area (Å²) in [6, 6.07) is 0. The van der Waals surface area contributed by atoms with Crippen LogP contribution in [0.5, 0.6) is 0 Å². The van der Waals surface area contributed by atoms with Crippen LogP contribution in [0.3, 0.4) is 0 Å². The fourth-order valence-electron chi connectivity index (χ4n) is 2.40. The summed E-state index contributed by atoms with van der Waals surface area (Å²) in [5.74, 6) is -1.46. The summed E-state index contributed by atoms with van der Waals surface area (Å²) >= 11 is 0. The maximum atomic E-state index is 12.6. The number of carbonyl (C=O) groups is 2. The van der Waals surface area contributed by atoms with Crippen molar-refractivity contribution in [2.24, 2.45) is 23.0 Å². The van der Waals surface area contributed by atoms with E-state index in [4.69, 9.17) is 5.73 Å². The molecule has 1 unspecified atom stereocenters. The molecule has 0 saturated heterocycles. The molecule has 20 heavy (non-hydrogen) atoms. The lowest BCUT2D eigenvalue weighted by atomic mass is 9.70. The van der Waals surface area contributed by atoms with Crippen LogP contribution in [0.2, 0.25) is 0 Å². The number of hydrogen-bond acceptors (Lipinski definition) is 2. The molecule has 0 aromatic rings. The van der Waals surface area contributed by atoms with Crippen LogP contribution in [0.15, 0.2) is 12.7 Å². The first kappa shape index (κ1) is 18.7. The Morgan fingerprint density at radius 3 is 2.00 bits per heavy atom. The van der Waals surface area contributed by atoms with E-state index in [9.17, 15) is 9.59 Å². The molecule has 0 saturated carbocycles. The lowest BCUT2D eigenvalue weighted by Gasteiger charge is -2.36. The summed E-state index contributed by atoms with van der Waals surface area (Å²) < 4.78 is 0. The van der Waals surface area contributed by atoms with Crippen molar-refractivity contribution in [1.82, 2.24) is 5.32 Å². The van der Waals surface area contributed by atoms with Crippen LogP contribution in [0.1, 0.15) is 54.4 Å². The van der Waals surface area contributed by atoms with Gasteiger partial charge < -0.3 is 11.1 Å². The molecule has 0 aromatic carbocycles. The summed E-state index contributed by atoms with van der Waals surface area (Å²) in [6.45, 7) is 15.3. The van der Waals surface area contributed by atoms with Crippen molar-refractivity contribution in [1.29, 1.82) is 0 Å². The van der Waals surface area contributed by atoms with Gasteiger partial charge in [0.15, 0.2) is 0 Å². The van der Waals surface area contributed by atoms with E-state index in [1.807, 2.05) is 41.5 Å². The highest BCUT2D eigenvalue weighted by Crippen LogP contribution is 2.35. The number of nitrogens with two attached hydrogens (primary N) is 1. The Morgan fingerprint density at radius 2 is 1.70 bits per heavy atom. The molecule has 0 rings (SSSR count). The van der Waals surface area contributed by atoms with Crippen molar-refractivity contribution >= 4 is 11.8 Å². The van der Waals surface area contributed by atoms with E-state index in [1.54, 1.807) is 6.08 Å². The zero-order chi connectivity index (χ0) is 16.1. The summed E-state index contributed by atoms with van der Waals surface area (Å²) in [4.78, 5) is 24.3. The second-order valence-corrected chi connectivity index (χ2v) is 7.46. The summed E-state index contributed by atoms with van der Waals surface area (Å²) in [7, 11) is 0. The highest BCUT2D eigenvalue weighted by atomic mass is 16.2. The molecule has 0 aromatic heterocycles. The minimum Gasteiger partial charge on any atom is -0.369 e. The Bertz CT molecular complexity index is 362. The highest BCUT2D eigenvalue weighted by Gasteiger charge is 2.41. The number of amides is 2. The van der Waals surface area contributed by atoms with Gasteiger partial charge in [-0.15, -0.1) is 6.58 Å². The van der Waals surface area contributed by atoms with Crippen LogP contribution >= 0.6 is 0 Å². The van der Waals surface area contributed by atoms with Gasteiger partial charge in [-0.25, -0.2) is 0 Å². The van der Waals surface area contributed by atoms with Crippen molar-refractivity contribution in [2.75, 3.05) is 0 Å². The van der Waals surface area contributed by atoms with Gasteiger partial charge >= 0.3 is 0 Å². The SMILES string of the molecule is C=CCCC(C(N)=O)[C@H](C(=O)NC(C)(C)C)C(C)(C)C. The second kappa shape index (κ2) is 6.91. The molecule has 0 aliphatic carbocycles. The monoisotopic (exact) mass is 282 g/mol. The maximum absolute atomic E-state index is 12.6. The maximum Gasteiger partial charge on any atom is 0.224 e. The van der Waals surface area contributed by atoms with Crippen molar-refractivity contribution in [3.8, 4) is 0 Å². The van der Waals surface area contributed by atoms with Gasteiger partial charge in [-0.1, -0.05) is 26.8 Å². The van der Waals surface area contributed by atoms with Crippen LogP contribution in [-0.4, -0.2) is 17.4 Å². The summed E-state index contributed by atoms with van der Waals surface area (Å²) in [5, 5.41) is 2.97. The van der Waals surface area contributed by atoms with E-state index >= 15 is 0 Å². The fourth-order valence-corrected chi connectivity index (χ4v) is 2.40. The van der Waals surface area contributed by atoms with Crippen molar-refractivity contribution in [3.05, 3.63) is 12.7 Å². The average molecular weight is 282 g/mol.